The van der Waals surface area contributed by atoms with Crippen LogP contribution in [0, 0.1) is 0 Å². The lowest BCUT2D eigenvalue weighted by atomic mass is 10.0. The lowest BCUT2D eigenvalue weighted by Gasteiger charge is -2.34. The van der Waals surface area contributed by atoms with Crippen molar-refractivity contribution in [2.24, 2.45) is 0 Å². The Labute approximate surface area is 265 Å². The second-order valence-corrected chi connectivity index (χ2v) is 10.6. The molecule has 4 amide bonds. The monoisotopic (exact) mass is 626 g/mol. The smallest absolute Gasteiger partial charge is 0.343 e. The van der Waals surface area contributed by atoms with Crippen LogP contribution in [0.3, 0.4) is 0 Å². The summed E-state index contributed by atoms with van der Waals surface area (Å²) in [5, 5.41) is 0.987. The molecule has 0 radical (unpaired) electrons. The third-order valence-electron chi connectivity index (χ3n) is 6.79. The topological polar surface area (TPSA) is 76.2 Å². The zero-order valence-electron chi connectivity index (χ0n) is 23.8. The van der Waals surface area contributed by atoms with Gasteiger partial charge < -0.3 is 9.47 Å². The number of nitrogens with zero attached hydrogens (tertiary/aromatic N) is 2. The van der Waals surface area contributed by atoms with Gasteiger partial charge in [0, 0.05) is 21.2 Å². The van der Waals surface area contributed by atoms with Crippen molar-refractivity contribution in [1.29, 1.82) is 0 Å². The van der Waals surface area contributed by atoms with Gasteiger partial charge in [-0.3, -0.25) is 9.59 Å². The quantitative estimate of drug-likeness (QED) is 0.101. The van der Waals surface area contributed by atoms with Gasteiger partial charge in [-0.1, -0.05) is 71.7 Å². The van der Waals surface area contributed by atoms with Gasteiger partial charge >= 0.3 is 6.03 Å². The molecular formula is C35H28Cl2N2O5. The molecule has 1 aliphatic rings. The van der Waals surface area contributed by atoms with E-state index in [1.54, 1.807) is 97.1 Å². The van der Waals surface area contributed by atoms with E-state index in [0.29, 0.717) is 51.5 Å². The van der Waals surface area contributed by atoms with E-state index in [1.807, 2.05) is 6.92 Å². The van der Waals surface area contributed by atoms with Crippen LogP contribution < -0.4 is 19.3 Å². The summed E-state index contributed by atoms with van der Waals surface area (Å²) in [7, 11) is 0. The van der Waals surface area contributed by atoms with Gasteiger partial charge in [0.1, 0.15) is 12.2 Å². The van der Waals surface area contributed by atoms with E-state index in [4.69, 9.17) is 32.7 Å². The number of amides is 4. The second-order valence-electron chi connectivity index (χ2n) is 9.75. The molecule has 0 spiro atoms. The van der Waals surface area contributed by atoms with E-state index >= 15 is 0 Å². The molecule has 1 fully saturated rings. The number of allylic oxidation sites excluding steroid dienone is 1. The van der Waals surface area contributed by atoms with Crippen molar-refractivity contribution in [3.63, 3.8) is 0 Å². The van der Waals surface area contributed by atoms with E-state index in [-0.39, 0.29) is 12.2 Å². The summed E-state index contributed by atoms with van der Waals surface area (Å²) in [5.41, 5.74) is 2.46. The van der Waals surface area contributed by atoms with Gasteiger partial charge in [-0.05, 0) is 73.5 Å². The number of imide groups is 2. The van der Waals surface area contributed by atoms with E-state index in [0.717, 1.165) is 20.9 Å². The molecule has 0 atom stereocenters. The van der Waals surface area contributed by atoms with Crippen molar-refractivity contribution in [2.75, 3.05) is 16.4 Å². The summed E-state index contributed by atoms with van der Waals surface area (Å²) in [5.74, 6) is -0.581. The average molecular weight is 628 g/mol. The average Bonchev–Trinajstić information content (AvgIpc) is 3.01. The van der Waals surface area contributed by atoms with Crippen LogP contribution in [0.15, 0.2) is 109 Å². The summed E-state index contributed by atoms with van der Waals surface area (Å²) < 4.78 is 12.2. The second kappa shape index (κ2) is 13.6. The molecule has 44 heavy (non-hydrogen) atoms. The molecule has 1 saturated heterocycles. The number of carbonyl (C=O) groups excluding carboxylic acids is 3. The maximum Gasteiger partial charge on any atom is 0.343 e. The highest BCUT2D eigenvalue weighted by molar-refractivity contribution is 6.46. The number of anilines is 2. The van der Waals surface area contributed by atoms with Crippen LogP contribution in [-0.2, 0) is 22.6 Å². The van der Waals surface area contributed by atoms with Crippen molar-refractivity contribution in [1.82, 2.24) is 0 Å². The maximum absolute atomic E-state index is 13.8. The van der Waals surface area contributed by atoms with Crippen LogP contribution in [0.25, 0.3) is 6.08 Å². The number of rotatable bonds is 10. The predicted molar refractivity (Wildman–Crippen MR) is 174 cm³/mol. The number of halogens is 2. The minimum Gasteiger partial charge on any atom is -0.490 e. The Morgan fingerprint density at radius 1 is 0.773 bits per heavy atom. The van der Waals surface area contributed by atoms with Gasteiger partial charge in [0.2, 0.25) is 0 Å². The molecule has 5 rings (SSSR count). The molecule has 9 heteroatoms. The number of urea groups is 1. The molecule has 1 heterocycles. The third-order valence-corrected chi connectivity index (χ3v) is 7.38. The molecule has 0 unspecified atom stereocenters. The highest BCUT2D eigenvalue weighted by atomic mass is 35.5. The fourth-order valence-electron chi connectivity index (χ4n) is 4.80. The van der Waals surface area contributed by atoms with E-state index in [9.17, 15) is 14.4 Å². The predicted octanol–water partition coefficient (Wildman–Crippen LogP) is 8.28. The molecule has 4 aromatic carbocycles. The number of carbonyl (C=O) groups is 3. The summed E-state index contributed by atoms with van der Waals surface area (Å²) >= 11 is 12.4. The van der Waals surface area contributed by atoms with Gasteiger partial charge in [-0.25, -0.2) is 14.6 Å². The van der Waals surface area contributed by atoms with Crippen LogP contribution >= 0.6 is 23.2 Å². The molecule has 0 saturated carbocycles. The van der Waals surface area contributed by atoms with Crippen molar-refractivity contribution in [2.45, 2.75) is 20.0 Å². The van der Waals surface area contributed by atoms with Gasteiger partial charge in [0.15, 0.2) is 11.5 Å². The minimum atomic E-state index is -0.762. The number of benzene rings is 4. The Bertz CT molecular complexity index is 1690. The van der Waals surface area contributed by atoms with Gasteiger partial charge in [-0.2, -0.15) is 0 Å². The zero-order valence-corrected chi connectivity index (χ0v) is 25.3. The fourth-order valence-corrected chi connectivity index (χ4v) is 5.26. The lowest BCUT2D eigenvalue weighted by molar-refractivity contribution is -0.121. The molecule has 0 bridgehead atoms. The van der Waals surface area contributed by atoms with Crippen LogP contribution in [0.2, 0.25) is 10.0 Å². The van der Waals surface area contributed by atoms with Gasteiger partial charge in [0.25, 0.3) is 11.8 Å². The molecule has 7 nitrogen and oxygen atoms in total. The van der Waals surface area contributed by atoms with Crippen LogP contribution in [-0.4, -0.2) is 24.5 Å². The van der Waals surface area contributed by atoms with Crippen molar-refractivity contribution >= 4 is 58.5 Å². The van der Waals surface area contributed by atoms with Crippen LogP contribution in [0.5, 0.6) is 11.5 Å². The molecule has 0 N–H and O–H groups in total. The molecule has 1 aliphatic heterocycles. The van der Waals surface area contributed by atoms with Crippen LogP contribution in [0.1, 0.15) is 23.6 Å². The summed E-state index contributed by atoms with van der Waals surface area (Å²) in [6, 6.07) is 24.9. The number of ether oxygens (including phenoxy) is 2. The first kappa shape index (κ1) is 30.6. The Kier molecular flexibility index (Phi) is 9.48. The molecule has 0 aliphatic carbocycles. The van der Waals surface area contributed by atoms with Crippen LogP contribution in [0.4, 0.5) is 16.2 Å². The lowest BCUT2D eigenvalue weighted by Crippen LogP contribution is -2.57. The number of hydrogen-bond acceptors (Lipinski definition) is 5. The zero-order chi connectivity index (χ0) is 31.2. The van der Waals surface area contributed by atoms with Gasteiger partial charge in [0.05, 0.1) is 18.0 Å². The summed E-state index contributed by atoms with van der Waals surface area (Å²) in [6.45, 7) is 6.20. The Balaban J connectivity index is 1.59. The van der Waals surface area contributed by atoms with E-state index in [2.05, 4.69) is 6.58 Å². The molecule has 222 valence electrons. The fraction of sp³-hybridized carbons (Fsp3) is 0.114. The summed E-state index contributed by atoms with van der Waals surface area (Å²) in [6.07, 6.45) is 3.60. The number of hydrogen-bond donors (Lipinski definition) is 0. The maximum atomic E-state index is 13.8. The SMILES string of the molecule is C=CCc1cc(C=C2C(=O)N(c3ccccc3)C(=O)N(c3ccccc3)C2=O)cc(OCC)c1OCc1ccc(Cl)cc1Cl. The largest absolute Gasteiger partial charge is 0.490 e. The van der Waals surface area contributed by atoms with Gasteiger partial charge in [-0.15, -0.1) is 6.58 Å². The molecular weight excluding hydrogens is 599 g/mol. The first-order valence-electron chi connectivity index (χ1n) is 13.8. The molecule has 4 aromatic rings. The third kappa shape index (κ3) is 6.39. The Morgan fingerprint density at radius 3 is 1.93 bits per heavy atom. The normalized spacial score (nSPS) is 13.2. The minimum absolute atomic E-state index is 0.151. The van der Waals surface area contributed by atoms with Crippen molar-refractivity contribution in [3.05, 3.63) is 136 Å². The standard InChI is InChI=1S/C35H28Cl2N2O5/c1-3-11-24-18-23(20-31(43-4-2)32(24)44-22-25-16-17-26(36)21-30(25)37)19-29-33(40)38(27-12-7-5-8-13-27)35(42)39(34(29)41)28-14-9-6-10-15-28/h3,5-10,12-21H,1,4,11,22H2,2H3. The van der Waals surface area contributed by atoms with E-state index in [1.165, 1.54) is 6.08 Å². The van der Waals surface area contributed by atoms with E-state index < -0.39 is 17.8 Å². The number of para-hydroxylation sites is 2. The first-order valence-corrected chi connectivity index (χ1v) is 14.6. The summed E-state index contributed by atoms with van der Waals surface area (Å²) in [4.78, 5) is 43.3. The Morgan fingerprint density at radius 2 is 1.39 bits per heavy atom. The number of barbiturate groups is 1. The highest BCUT2D eigenvalue weighted by Gasteiger charge is 2.43. The highest BCUT2D eigenvalue weighted by Crippen LogP contribution is 2.37. The first-order chi connectivity index (χ1) is 21.3. The molecule has 0 aromatic heterocycles. The van der Waals surface area contributed by atoms with Crippen molar-refractivity contribution < 1.29 is 23.9 Å². The Hall–Kier alpha value is -4.85. The van der Waals surface area contributed by atoms with Crippen molar-refractivity contribution in [3.8, 4) is 11.5 Å².